The van der Waals surface area contributed by atoms with Gasteiger partial charge in [0.05, 0.1) is 0 Å². The number of esters is 1. The molecule has 1 N–H and O–H groups in total. The zero-order valence-corrected chi connectivity index (χ0v) is 14.6. The maximum Gasteiger partial charge on any atom is 0.359 e. The van der Waals surface area contributed by atoms with Crippen LogP contribution < -0.4 is 5.32 Å². The van der Waals surface area contributed by atoms with Gasteiger partial charge in [0.15, 0.2) is 11.8 Å². The monoisotopic (exact) mass is 377 g/mol. The van der Waals surface area contributed by atoms with Crippen molar-refractivity contribution in [3.63, 3.8) is 0 Å². The third-order valence-electron chi connectivity index (χ3n) is 3.36. The maximum absolute atomic E-state index is 12.2. The fraction of sp³-hybridized carbons (Fsp3) is 0.118. The number of hydrogen-bond donors (Lipinski definition) is 1. The number of imidazole rings is 1. The van der Waals surface area contributed by atoms with Crippen molar-refractivity contribution in [1.82, 2.24) is 9.38 Å². The summed E-state index contributed by atoms with van der Waals surface area (Å²) in [4.78, 5) is 28.5. The highest BCUT2D eigenvalue weighted by Gasteiger charge is 2.21. The lowest BCUT2D eigenvalue weighted by Gasteiger charge is -2.13. The van der Waals surface area contributed by atoms with Gasteiger partial charge in [0.1, 0.15) is 5.65 Å². The Morgan fingerprint density at radius 1 is 1.20 bits per heavy atom. The molecule has 8 heteroatoms. The van der Waals surface area contributed by atoms with Crippen molar-refractivity contribution in [1.29, 1.82) is 0 Å². The molecule has 0 radical (unpaired) electrons. The molecule has 128 valence electrons. The summed E-state index contributed by atoms with van der Waals surface area (Å²) in [5.74, 6) is -1.19. The molecule has 0 spiro atoms. The Morgan fingerprint density at radius 2 is 1.92 bits per heavy atom. The van der Waals surface area contributed by atoms with Crippen molar-refractivity contribution in [3.8, 4) is 0 Å². The number of ether oxygens (including phenoxy) is 1. The number of aromatic nitrogens is 2. The minimum atomic E-state index is -1.02. The largest absolute Gasteiger partial charge is 0.448 e. The summed E-state index contributed by atoms with van der Waals surface area (Å²) in [6.07, 6.45) is 2.28. The number of carbonyl (C=O) groups excluding carboxylic acids is 2. The first-order chi connectivity index (χ1) is 11.9. The van der Waals surface area contributed by atoms with Gasteiger partial charge in [-0.1, -0.05) is 29.3 Å². The Hall–Kier alpha value is -2.57. The Labute approximate surface area is 153 Å². The van der Waals surface area contributed by atoms with Gasteiger partial charge in [-0.3, -0.25) is 4.79 Å². The van der Waals surface area contributed by atoms with Crippen LogP contribution in [0, 0.1) is 0 Å². The van der Waals surface area contributed by atoms with Gasteiger partial charge >= 0.3 is 5.97 Å². The van der Waals surface area contributed by atoms with Gasteiger partial charge in [-0.15, -0.1) is 0 Å². The molecule has 1 amide bonds. The fourth-order valence-corrected chi connectivity index (χ4v) is 2.70. The molecular weight excluding hydrogens is 365 g/mol. The third kappa shape index (κ3) is 4.10. The first kappa shape index (κ1) is 17.3. The fourth-order valence-electron chi connectivity index (χ4n) is 2.18. The van der Waals surface area contributed by atoms with E-state index in [2.05, 4.69) is 10.3 Å². The van der Waals surface area contributed by atoms with Crippen LogP contribution >= 0.6 is 23.2 Å². The summed E-state index contributed by atoms with van der Waals surface area (Å²) in [5, 5.41) is 3.37. The van der Waals surface area contributed by atoms with Gasteiger partial charge in [-0.25, -0.2) is 9.78 Å². The SMILES string of the molecule is C[C@H](OC(=O)c1cn2ccccc2n1)C(=O)Nc1cc(Cl)cc(Cl)c1. The number of rotatable bonds is 4. The average Bonchev–Trinajstić information content (AvgIpc) is 2.97. The summed E-state index contributed by atoms with van der Waals surface area (Å²) < 4.78 is 6.86. The number of nitrogens with zero attached hydrogens (tertiary/aromatic N) is 2. The molecule has 0 saturated heterocycles. The van der Waals surface area contributed by atoms with E-state index < -0.39 is 18.0 Å². The zero-order chi connectivity index (χ0) is 18.0. The molecule has 3 aromatic rings. The Balaban J connectivity index is 1.67. The maximum atomic E-state index is 12.2. The van der Waals surface area contributed by atoms with Crippen LogP contribution in [0.4, 0.5) is 5.69 Å². The molecule has 2 heterocycles. The van der Waals surface area contributed by atoms with E-state index in [1.165, 1.54) is 6.92 Å². The van der Waals surface area contributed by atoms with Gasteiger partial charge in [-0.05, 0) is 37.3 Å². The number of fused-ring (bicyclic) bond motifs is 1. The molecule has 0 bridgehead atoms. The number of benzene rings is 1. The summed E-state index contributed by atoms with van der Waals surface area (Å²) in [7, 11) is 0. The smallest absolute Gasteiger partial charge is 0.359 e. The van der Waals surface area contributed by atoms with E-state index in [-0.39, 0.29) is 5.69 Å². The van der Waals surface area contributed by atoms with Gasteiger partial charge in [0, 0.05) is 28.1 Å². The number of anilines is 1. The summed E-state index contributed by atoms with van der Waals surface area (Å²) in [6, 6.07) is 10.0. The van der Waals surface area contributed by atoms with Crippen LogP contribution in [0.15, 0.2) is 48.8 Å². The minimum absolute atomic E-state index is 0.122. The van der Waals surface area contributed by atoms with Crippen molar-refractivity contribution in [2.24, 2.45) is 0 Å². The third-order valence-corrected chi connectivity index (χ3v) is 3.79. The van der Waals surface area contributed by atoms with Gasteiger partial charge in [-0.2, -0.15) is 0 Å². The van der Waals surface area contributed by atoms with Crippen molar-refractivity contribution in [2.75, 3.05) is 5.32 Å². The molecule has 0 fully saturated rings. The van der Waals surface area contributed by atoms with E-state index in [4.69, 9.17) is 27.9 Å². The molecule has 1 aromatic carbocycles. The number of carbonyl (C=O) groups is 2. The second kappa shape index (κ2) is 7.13. The van der Waals surface area contributed by atoms with Crippen LogP contribution in [0.1, 0.15) is 17.4 Å². The van der Waals surface area contributed by atoms with Crippen molar-refractivity contribution >= 4 is 46.4 Å². The normalized spacial score (nSPS) is 12.0. The predicted octanol–water partition coefficient (Wildman–Crippen LogP) is 3.83. The Kier molecular flexibility index (Phi) is 4.92. The molecular formula is C17H13Cl2N3O3. The molecule has 3 rings (SSSR count). The van der Waals surface area contributed by atoms with Gasteiger partial charge in [0.25, 0.3) is 5.91 Å². The van der Waals surface area contributed by atoms with Crippen LogP contribution in [0.3, 0.4) is 0 Å². The van der Waals surface area contributed by atoms with E-state index >= 15 is 0 Å². The number of nitrogens with one attached hydrogen (secondary N) is 1. The minimum Gasteiger partial charge on any atom is -0.448 e. The molecule has 0 aliphatic heterocycles. The summed E-state index contributed by atoms with van der Waals surface area (Å²) in [6.45, 7) is 1.47. The zero-order valence-electron chi connectivity index (χ0n) is 13.1. The van der Waals surface area contributed by atoms with Crippen molar-refractivity contribution < 1.29 is 14.3 Å². The molecule has 0 aliphatic carbocycles. The quantitative estimate of drug-likeness (QED) is 0.701. The van der Waals surface area contributed by atoms with Crippen LogP contribution in [-0.2, 0) is 9.53 Å². The Bertz CT molecular complexity index is 902. The second-order valence-electron chi connectivity index (χ2n) is 5.29. The molecule has 1 atom stereocenters. The average molecular weight is 378 g/mol. The predicted molar refractivity (Wildman–Crippen MR) is 95.2 cm³/mol. The lowest BCUT2D eigenvalue weighted by Crippen LogP contribution is -2.30. The number of hydrogen-bond acceptors (Lipinski definition) is 4. The lowest BCUT2D eigenvalue weighted by molar-refractivity contribution is -0.123. The van der Waals surface area contributed by atoms with E-state index in [0.29, 0.717) is 21.4 Å². The molecule has 6 nitrogen and oxygen atoms in total. The molecule has 2 aromatic heterocycles. The highest BCUT2D eigenvalue weighted by Crippen LogP contribution is 2.22. The summed E-state index contributed by atoms with van der Waals surface area (Å²) in [5.41, 5.74) is 1.15. The highest BCUT2D eigenvalue weighted by molar-refractivity contribution is 6.35. The van der Waals surface area contributed by atoms with Crippen molar-refractivity contribution in [3.05, 3.63) is 64.5 Å². The van der Waals surface area contributed by atoms with Gasteiger partial charge < -0.3 is 14.5 Å². The lowest BCUT2D eigenvalue weighted by atomic mass is 10.3. The van der Waals surface area contributed by atoms with E-state index in [1.807, 2.05) is 12.1 Å². The second-order valence-corrected chi connectivity index (χ2v) is 6.16. The van der Waals surface area contributed by atoms with Crippen LogP contribution in [0.5, 0.6) is 0 Å². The summed E-state index contributed by atoms with van der Waals surface area (Å²) >= 11 is 11.8. The molecule has 0 saturated carbocycles. The van der Waals surface area contributed by atoms with Crippen LogP contribution in [0.2, 0.25) is 10.0 Å². The number of pyridine rings is 1. The standard InChI is InChI=1S/C17H13Cl2N3O3/c1-10(16(23)20-13-7-11(18)6-12(19)8-13)25-17(24)14-9-22-5-3-2-4-15(22)21-14/h2-10H,1H3,(H,20,23)/t10-/m0/s1. The molecule has 0 unspecified atom stereocenters. The first-order valence-electron chi connectivity index (χ1n) is 7.34. The van der Waals surface area contributed by atoms with Crippen molar-refractivity contribution in [2.45, 2.75) is 13.0 Å². The topological polar surface area (TPSA) is 72.7 Å². The van der Waals surface area contributed by atoms with E-state index in [9.17, 15) is 9.59 Å². The number of amides is 1. The molecule has 25 heavy (non-hydrogen) atoms. The van der Waals surface area contributed by atoms with Crippen LogP contribution in [-0.4, -0.2) is 27.4 Å². The van der Waals surface area contributed by atoms with Crippen LogP contribution in [0.25, 0.3) is 5.65 Å². The van der Waals surface area contributed by atoms with E-state index in [1.54, 1.807) is 41.1 Å². The Morgan fingerprint density at radius 3 is 2.60 bits per heavy atom. The van der Waals surface area contributed by atoms with E-state index in [0.717, 1.165) is 0 Å². The first-order valence-corrected chi connectivity index (χ1v) is 8.09. The van der Waals surface area contributed by atoms with Gasteiger partial charge in [0.2, 0.25) is 0 Å². The molecule has 0 aliphatic rings. The number of halogens is 2. The highest BCUT2D eigenvalue weighted by atomic mass is 35.5.